The minimum absolute atomic E-state index is 0. The van der Waals surface area contributed by atoms with Crippen LogP contribution in [-0.2, 0) is 42.7 Å². The molecule has 0 amide bonds. The smallest absolute Gasteiger partial charge is 0.135 e. The van der Waals surface area contributed by atoms with Crippen LogP contribution in [0.4, 0.5) is 22.7 Å². The average Bonchev–Trinajstić information content (AvgIpc) is 1.82. The minimum atomic E-state index is -0.833. The molecule has 0 saturated heterocycles. The number of anilines is 4. The van der Waals surface area contributed by atoms with Gasteiger partial charge in [0.05, 0.1) is 17.8 Å². The monoisotopic (exact) mass is 1100 g/mol. The number of aromatic nitrogens is 2. The van der Waals surface area contributed by atoms with Crippen LogP contribution >= 0.6 is 0 Å². The molecule has 0 spiro atoms. The third kappa shape index (κ3) is 8.76. The summed E-state index contributed by atoms with van der Waals surface area (Å²) in [5.41, 5.74) is 5.70. The third-order valence-corrected chi connectivity index (χ3v) is 13.1. The second kappa shape index (κ2) is 17.6. The van der Waals surface area contributed by atoms with Crippen molar-refractivity contribution < 1.29 is 38.9 Å². The second-order valence-electron chi connectivity index (χ2n) is 21.4. The van der Waals surface area contributed by atoms with E-state index in [0.717, 1.165) is 22.3 Å². The van der Waals surface area contributed by atoms with Gasteiger partial charge >= 0.3 is 0 Å². The maximum absolute atomic E-state index is 9.36. The van der Waals surface area contributed by atoms with Crippen LogP contribution in [0.5, 0.6) is 0 Å². The molecule has 0 radical (unpaired) electrons. The molecule has 1 aliphatic heterocycles. The van der Waals surface area contributed by atoms with Gasteiger partial charge < -0.3 is 14.4 Å². The molecule has 4 nitrogen and oxygen atoms in total. The first-order chi connectivity index (χ1) is 37.7. The van der Waals surface area contributed by atoms with Crippen LogP contribution in [0.15, 0.2) is 158 Å². The Balaban J connectivity index is 0.00000810. The number of hydrogen-bond donors (Lipinski definition) is 0. The molecular formula is C64H63N4Pt-3. The fourth-order valence-corrected chi connectivity index (χ4v) is 8.99. The first-order valence-electron chi connectivity index (χ1n) is 29.6. The number of benzene rings is 7. The first kappa shape index (κ1) is 34.1. The quantitative estimate of drug-likeness (QED) is 0.149. The molecule has 352 valence electrons. The summed E-state index contributed by atoms with van der Waals surface area (Å²) < 4.78 is 119. The Morgan fingerprint density at radius 1 is 0.565 bits per heavy atom. The van der Waals surface area contributed by atoms with Gasteiger partial charge in [-0.3, -0.25) is 0 Å². The van der Waals surface area contributed by atoms with Crippen LogP contribution in [0.2, 0.25) is 0 Å². The molecule has 1 aliphatic rings. The van der Waals surface area contributed by atoms with Gasteiger partial charge in [-0.2, -0.15) is 47.0 Å². The Hall–Kier alpha value is -6.22. The van der Waals surface area contributed by atoms with E-state index in [1.165, 1.54) is 0 Å². The van der Waals surface area contributed by atoms with Gasteiger partial charge in [0, 0.05) is 61.0 Å². The molecule has 10 rings (SSSR count). The van der Waals surface area contributed by atoms with Crippen molar-refractivity contribution >= 4 is 44.6 Å². The molecule has 0 N–H and O–H groups in total. The predicted octanol–water partition coefficient (Wildman–Crippen LogP) is 17.0. The molecule has 69 heavy (non-hydrogen) atoms. The van der Waals surface area contributed by atoms with E-state index >= 15 is 0 Å². The summed E-state index contributed by atoms with van der Waals surface area (Å²) >= 11 is 0. The van der Waals surface area contributed by atoms with Gasteiger partial charge in [0.25, 0.3) is 0 Å². The molecule has 0 fully saturated rings. The number of fused-ring (bicyclic) bond motifs is 4. The van der Waals surface area contributed by atoms with Gasteiger partial charge in [-0.05, 0) is 98.7 Å². The Morgan fingerprint density at radius 3 is 1.74 bits per heavy atom. The predicted molar refractivity (Wildman–Crippen MR) is 288 cm³/mol. The number of hydrogen-bond acceptors (Lipinski definition) is 3. The number of para-hydroxylation sites is 2. The van der Waals surface area contributed by atoms with E-state index in [-0.39, 0.29) is 72.5 Å². The number of pyridine rings is 1. The van der Waals surface area contributed by atoms with Crippen molar-refractivity contribution in [1.29, 1.82) is 0 Å². The molecule has 0 saturated carbocycles. The van der Waals surface area contributed by atoms with Crippen LogP contribution < -0.4 is 9.80 Å². The van der Waals surface area contributed by atoms with E-state index in [0.29, 0.717) is 55.8 Å². The summed E-state index contributed by atoms with van der Waals surface area (Å²) in [5.74, 6) is 0.540. The molecule has 0 unspecified atom stereocenters. The van der Waals surface area contributed by atoms with E-state index in [2.05, 4.69) is 79.7 Å². The topological polar surface area (TPSA) is 24.3 Å². The van der Waals surface area contributed by atoms with Crippen LogP contribution in [0.1, 0.15) is 127 Å². The standard InChI is InChI=1S/C64H63N4.Pt/c1-42-27-30-55-54(33-42)51-29-28-46(39-58(51)68(55)59-40-45(31-32-65-59)61(2,3)4)64(11,12)49-34-47(62(5,6)7)35-50(36-49)66-41-67(57-26-20-19-25-56(57)66)60-52(43-21-15-13-16-22-43)37-48(63(8,9)10)38-53(60)44-23-17-14-18-24-44;/h13-35,37-38,40-41H,1-12H3;/q-3;/i13D,14D,15D,16D,17D,18D,21D,22D,23D,24D,27D,30D,33D;. The Labute approximate surface area is 443 Å². The van der Waals surface area contributed by atoms with Crippen LogP contribution in [0.3, 0.4) is 0 Å². The van der Waals surface area contributed by atoms with Crippen molar-refractivity contribution in [3.63, 3.8) is 0 Å². The first-order valence-corrected chi connectivity index (χ1v) is 23.1. The maximum atomic E-state index is 9.36. The largest absolute Gasteiger partial charge is 0.493 e. The van der Waals surface area contributed by atoms with Gasteiger partial charge in [-0.15, -0.1) is 23.8 Å². The van der Waals surface area contributed by atoms with Gasteiger partial charge in [0.2, 0.25) is 0 Å². The third-order valence-electron chi connectivity index (χ3n) is 13.1. The minimum Gasteiger partial charge on any atom is -0.493 e. The molecule has 5 heteroatoms. The van der Waals surface area contributed by atoms with Crippen LogP contribution in [0, 0.1) is 25.7 Å². The zero-order chi connectivity index (χ0) is 59.2. The number of nitrogens with zero attached hydrogens (tertiary/aromatic N) is 4. The summed E-state index contributed by atoms with van der Waals surface area (Å²) in [6.45, 7) is 26.3. The molecule has 0 aliphatic carbocycles. The summed E-state index contributed by atoms with van der Waals surface area (Å²) in [7, 11) is 0. The van der Waals surface area contributed by atoms with Crippen molar-refractivity contribution in [1.82, 2.24) is 9.55 Å². The van der Waals surface area contributed by atoms with Gasteiger partial charge in [0.1, 0.15) is 5.82 Å². The fourth-order valence-electron chi connectivity index (χ4n) is 8.99. The summed E-state index contributed by atoms with van der Waals surface area (Å²) in [6.07, 6.45) is 1.75. The Bertz CT molecular complexity index is 4000. The molecular weight excluding hydrogens is 1020 g/mol. The molecule has 3 heterocycles. The summed E-state index contributed by atoms with van der Waals surface area (Å²) in [4.78, 5) is 8.61. The van der Waals surface area contributed by atoms with Crippen molar-refractivity contribution in [2.75, 3.05) is 9.80 Å². The van der Waals surface area contributed by atoms with E-state index < -0.39 is 76.7 Å². The van der Waals surface area contributed by atoms with Gasteiger partial charge in [-0.25, -0.2) is 4.98 Å². The van der Waals surface area contributed by atoms with Gasteiger partial charge in [0.15, 0.2) is 0 Å². The van der Waals surface area contributed by atoms with E-state index in [4.69, 9.17) is 14.6 Å². The van der Waals surface area contributed by atoms with E-state index in [9.17, 15) is 8.22 Å². The second-order valence-corrected chi connectivity index (χ2v) is 21.4. The molecule has 7 aromatic carbocycles. The van der Waals surface area contributed by atoms with Crippen molar-refractivity contribution in [2.45, 2.75) is 105 Å². The Kier molecular flexibility index (Phi) is 8.72. The average molecular weight is 1100 g/mol. The van der Waals surface area contributed by atoms with E-state index in [1.807, 2.05) is 90.3 Å². The molecule has 0 atom stereocenters. The van der Waals surface area contributed by atoms with Crippen LogP contribution in [-0.4, -0.2) is 9.55 Å². The maximum Gasteiger partial charge on any atom is 0.135 e. The molecule has 2 aromatic heterocycles. The van der Waals surface area contributed by atoms with Crippen molar-refractivity contribution in [3.05, 3.63) is 210 Å². The van der Waals surface area contributed by atoms with E-state index in [1.54, 1.807) is 25.3 Å². The fraction of sp³-hybridized carbons (Fsp3) is 0.250. The zero-order valence-electron chi connectivity index (χ0n) is 54.2. The van der Waals surface area contributed by atoms with Crippen LogP contribution in [0.25, 0.3) is 49.9 Å². The normalized spacial score (nSPS) is 15.9. The van der Waals surface area contributed by atoms with Crippen molar-refractivity contribution in [3.8, 4) is 28.1 Å². The SMILES string of the molecule is [2H]c1c([2H])c([2H])c(-c2cc(C(C)(C)C)cc(-c3c([2H])c([2H])c([2H])c([2H])c3[2H])c2N2[CH-]N(c3[c-]c(C(C)(C)c4[c-]c5c(cc4)c4c([2H])c(C)c([2H])c([2H])c4n5-c4cc(C(C)(C)C)ccn4)cc(C(C)(C)C)c3)c3ccccc32)c([2H])c1[2H].[Pt]. The zero-order valence-corrected chi connectivity index (χ0v) is 43.5. The Morgan fingerprint density at radius 2 is 1.14 bits per heavy atom. The summed E-state index contributed by atoms with van der Waals surface area (Å²) in [6, 6.07) is 25.7. The summed E-state index contributed by atoms with van der Waals surface area (Å²) in [5, 5.41) is 1.24. The molecule has 9 aromatic rings. The molecule has 0 bridgehead atoms. The van der Waals surface area contributed by atoms with Gasteiger partial charge in [-0.1, -0.05) is 172 Å². The number of rotatable bonds is 7. The van der Waals surface area contributed by atoms with Crippen molar-refractivity contribution in [2.24, 2.45) is 0 Å².